The van der Waals surface area contributed by atoms with Crippen LogP contribution in [0.15, 0.2) is 49.1 Å². The van der Waals surface area contributed by atoms with Crippen LogP contribution in [0.5, 0.6) is 17.2 Å². The maximum absolute atomic E-state index is 14.3. The summed E-state index contributed by atoms with van der Waals surface area (Å²) in [4.78, 5) is 19.1. The molecule has 2 aliphatic heterocycles. The molecule has 6 heteroatoms. The highest BCUT2D eigenvalue weighted by atomic mass is 16.5. The number of hydrogen-bond donors (Lipinski definition) is 1. The van der Waals surface area contributed by atoms with Gasteiger partial charge in [-0.1, -0.05) is 81.4 Å². The molecule has 2 saturated carbocycles. The van der Waals surface area contributed by atoms with E-state index in [4.69, 9.17) is 9.47 Å². The van der Waals surface area contributed by atoms with Crippen molar-refractivity contribution in [1.29, 1.82) is 0 Å². The molecule has 1 saturated heterocycles. The van der Waals surface area contributed by atoms with Crippen LogP contribution in [0.2, 0.25) is 0 Å². The molecule has 7 rings (SSSR count). The standard InChI is InChI=1S/C40H54N2O4/c1-3-23-41-25-22-40-31-20-21-32(39(40)46-38-35(45-2)27-34(43)30(37(38)40)26-33(31)41)42(24-12-18-29-15-8-5-9-16-29)36(44)19-11-10-17-28-13-6-4-7-14-28/h3,5,8-9,15-16,27-28,31-33,39,43H,1,4,6-7,10-14,17-26H2,2H3/t31-,32+,33+,39-,40-/m0/s1. The van der Waals surface area contributed by atoms with Crippen LogP contribution >= 0.6 is 0 Å². The van der Waals surface area contributed by atoms with Gasteiger partial charge in [-0.3, -0.25) is 9.69 Å². The molecule has 6 nitrogen and oxygen atoms in total. The fourth-order valence-electron chi connectivity index (χ4n) is 10.4. The second-order valence-corrected chi connectivity index (χ2v) is 14.8. The minimum Gasteiger partial charge on any atom is -0.508 e. The molecule has 2 aromatic rings. The number of phenols is 1. The van der Waals surface area contributed by atoms with Crippen molar-refractivity contribution >= 4 is 5.91 Å². The lowest BCUT2D eigenvalue weighted by molar-refractivity contribution is -0.142. The largest absolute Gasteiger partial charge is 0.508 e. The lowest BCUT2D eigenvalue weighted by Gasteiger charge is -2.60. The molecule has 0 radical (unpaired) electrons. The Kier molecular flexibility index (Phi) is 9.36. The van der Waals surface area contributed by atoms with Crippen molar-refractivity contribution in [2.75, 3.05) is 26.7 Å². The van der Waals surface area contributed by atoms with Gasteiger partial charge < -0.3 is 19.5 Å². The predicted molar refractivity (Wildman–Crippen MR) is 183 cm³/mol. The van der Waals surface area contributed by atoms with Crippen molar-refractivity contribution in [3.05, 3.63) is 65.7 Å². The number of benzene rings is 2. The van der Waals surface area contributed by atoms with Gasteiger partial charge in [0.05, 0.1) is 13.2 Å². The van der Waals surface area contributed by atoms with Crippen molar-refractivity contribution in [3.8, 4) is 17.2 Å². The van der Waals surface area contributed by atoms with Gasteiger partial charge in [-0.05, 0) is 68.9 Å². The number of rotatable bonds is 13. The van der Waals surface area contributed by atoms with Crippen LogP contribution in [0.4, 0.5) is 0 Å². The molecule has 0 aromatic heterocycles. The molecule has 2 heterocycles. The Labute approximate surface area is 276 Å². The number of piperidine rings is 1. The SMILES string of the molecule is C=CCN1CC[C@]23c4c5c(O)cc(OC)c4O[C@H]2[C@H](N(CCCc2ccccc2)C(=O)CCCCC2CCCCC2)CC[C@H]3[C@H]1C5. The summed E-state index contributed by atoms with van der Waals surface area (Å²) in [7, 11) is 1.67. The van der Waals surface area contributed by atoms with E-state index in [-0.39, 0.29) is 17.6 Å². The molecule has 2 bridgehead atoms. The Morgan fingerprint density at radius 2 is 1.96 bits per heavy atom. The van der Waals surface area contributed by atoms with Crippen molar-refractivity contribution in [3.63, 3.8) is 0 Å². The molecule has 46 heavy (non-hydrogen) atoms. The number of aromatic hydroxyl groups is 1. The molecule has 248 valence electrons. The summed E-state index contributed by atoms with van der Waals surface area (Å²) in [6, 6.07) is 12.8. The summed E-state index contributed by atoms with van der Waals surface area (Å²) in [6.07, 6.45) is 18.5. The smallest absolute Gasteiger partial charge is 0.222 e. The molecular formula is C40H54N2O4. The molecule has 1 N–H and O–H groups in total. The number of aryl methyl sites for hydroxylation is 1. The van der Waals surface area contributed by atoms with Gasteiger partial charge in [0, 0.05) is 48.2 Å². The summed E-state index contributed by atoms with van der Waals surface area (Å²) in [5.41, 5.74) is 3.31. The normalized spacial score (nSPS) is 28.3. The average molecular weight is 627 g/mol. The van der Waals surface area contributed by atoms with E-state index in [0.29, 0.717) is 35.8 Å². The van der Waals surface area contributed by atoms with E-state index < -0.39 is 0 Å². The fourth-order valence-corrected chi connectivity index (χ4v) is 10.4. The Morgan fingerprint density at radius 3 is 2.74 bits per heavy atom. The molecule has 0 unspecified atom stereocenters. The van der Waals surface area contributed by atoms with Crippen molar-refractivity contribution in [1.82, 2.24) is 9.80 Å². The summed E-state index contributed by atoms with van der Waals surface area (Å²) in [5.74, 6) is 3.32. The average Bonchev–Trinajstić information content (AvgIpc) is 3.42. The van der Waals surface area contributed by atoms with Crippen LogP contribution in [0, 0.1) is 11.8 Å². The summed E-state index contributed by atoms with van der Waals surface area (Å²) in [6.45, 7) is 6.64. The van der Waals surface area contributed by atoms with Crippen molar-refractivity contribution in [2.24, 2.45) is 11.8 Å². The van der Waals surface area contributed by atoms with E-state index in [1.54, 1.807) is 13.2 Å². The maximum Gasteiger partial charge on any atom is 0.222 e. The Balaban J connectivity index is 1.17. The summed E-state index contributed by atoms with van der Waals surface area (Å²) >= 11 is 0. The van der Waals surface area contributed by atoms with Crippen LogP contribution in [-0.4, -0.2) is 65.7 Å². The summed E-state index contributed by atoms with van der Waals surface area (Å²) < 4.78 is 12.9. The van der Waals surface area contributed by atoms with Gasteiger partial charge in [-0.2, -0.15) is 0 Å². The van der Waals surface area contributed by atoms with E-state index in [1.165, 1.54) is 49.7 Å². The number of nitrogens with zero attached hydrogens (tertiary/aromatic N) is 2. The molecule has 1 spiro atoms. The highest BCUT2D eigenvalue weighted by Crippen LogP contribution is 2.65. The first-order valence-corrected chi connectivity index (χ1v) is 18.3. The van der Waals surface area contributed by atoms with E-state index in [1.807, 2.05) is 6.08 Å². The molecule has 1 amide bonds. The highest BCUT2D eigenvalue weighted by molar-refractivity contribution is 5.77. The zero-order chi connectivity index (χ0) is 31.7. The van der Waals surface area contributed by atoms with Crippen LogP contribution in [0.3, 0.4) is 0 Å². The van der Waals surface area contributed by atoms with Crippen LogP contribution in [0.1, 0.15) is 100 Å². The molecule has 2 aromatic carbocycles. The van der Waals surface area contributed by atoms with E-state index in [2.05, 4.69) is 46.7 Å². The number of hydrogen-bond acceptors (Lipinski definition) is 5. The molecule has 5 aliphatic rings. The van der Waals surface area contributed by atoms with Crippen LogP contribution in [0.25, 0.3) is 0 Å². The zero-order valence-electron chi connectivity index (χ0n) is 27.9. The van der Waals surface area contributed by atoms with Gasteiger partial charge in [-0.25, -0.2) is 0 Å². The number of ether oxygens (including phenoxy) is 2. The number of likely N-dealkylation sites (tertiary alicyclic amines) is 1. The molecule has 3 fully saturated rings. The van der Waals surface area contributed by atoms with Crippen molar-refractivity contribution < 1.29 is 19.4 Å². The maximum atomic E-state index is 14.3. The molecule has 3 aliphatic carbocycles. The van der Waals surface area contributed by atoms with E-state index in [9.17, 15) is 9.90 Å². The van der Waals surface area contributed by atoms with Crippen LogP contribution < -0.4 is 9.47 Å². The number of amides is 1. The van der Waals surface area contributed by atoms with Gasteiger partial charge in [0.2, 0.25) is 5.91 Å². The topological polar surface area (TPSA) is 62.2 Å². The number of methoxy groups -OCH3 is 1. The highest BCUT2D eigenvalue weighted by Gasteiger charge is 2.67. The van der Waals surface area contributed by atoms with Gasteiger partial charge in [0.1, 0.15) is 11.9 Å². The van der Waals surface area contributed by atoms with E-state index >= 15 is 0 Å². The second-order valence-electron chi connectivity index (χ2n) is 14.8. The third-order valence-corrected chi connectivity index (χ3v) is 12.5. The summed E-state index contributed by atoms with van der Waals surface area (Å²) in [5, 5.41) is 11.3. The first-order chi connectivity index (χ1) is 22.5. The Morgan fingerprint density at radius 1 is 1.13 bits per heavy atom. The number of unbranched alkanes of at least 4 members (excludes halogenated alkanes) is 1. The third kappa shape index (κ3) is 5.63. The fraction of sp³-hybridized carbons (Fsp3) is 0.625. The number of carbonyl (C=O) groups excluding carboxylic acids is 1. The Bertz CT molecular complexity index is 1390. The Hall–Kier alpha value is -2.99. The van der Waals surface area contributed by atoms with E-state index in [0.717, 1.165) is 88.2 Å². The molecular weight excluding hydrogens is 572 g/mol. The monoisotopic (exact) mass is 626 g/mol. The lowest BCUT2D eigenvalue weighted by Crippen LogP contribution is -2.69. The lowest BCUT2D eigenvalue weighted by atomic mass is 9.50. The minimum absolute atomic E-state index is 0.00895. The van der Waals surface area contributed by atoms with Gasteiger partial charge >= 0.3 is 0 Å². The first-order valence-electron chi connectivity index (χ1n) is 18.3. The molecule has 5 atom stereocenters. The van der Waals surface area contributed by atoms with Gasteiger partial charge in [-0.15, -0.1) is 6.58 Å². The second kappa shape index (κ2) is 13.6. The first kappa shape index (κ1) is 31.6. The predicted octanol–water partition coefficient (Wildman–Crippen LogP) is 7.60. The number of phenolic OH excluding ortho intramolecular Hbond substituents is 1. The van der Waals surface area contributed by atoms with Crippen molar-refractivity contribution in [2.45, 2.75) is 120 Å². The zero-order valence-corrected chi connectivity index (χ0v) is 27.9. The quantitative estimate of drug-likeness (QED) is 0.183. The number of carbonyl (C=O) groups is 1. The minimum atomic E-state index is -0.223. The third-order valence-electron chi connectivity index (χ3n) is 12.5. The van der Waals surface area contributed by atoms with Gasteiger partial charge in [0.15, 0.2) is 11.5 Å². The van der Waals surface area contributed by atoms with Gasteiger partial charge in [0.25, 0.3) is 0 Å². The van der Waals surface area contributed by atoms with Crippen LogP contribution in [-0.2, 0) is 23.1 Å².